The van der Waals surface area contributed by atoms with Crippen molar-refractivity contribution in [2.75, 3.05) is 41.3 Å². The highest BCUT2D eigenvalue weighted by molar-refractivity contribution is 6.04. The Labute approximate surface area is 181 Å². The number of rotatable bonds is 4. The molecule has 3 aromatic carbocycles. The Bertz CT molecular complexity index is 1070. The molecule has 0 aromatic heterocycles. The molecule has 4 rings (SSSR count). The van der Waals surface area contributed by atoms with E-state index in [1.165, 1.54) is 17.8 Å². The van der Waals surface area contributed by atoms with Crippen molar-refractivity contribution < 1.29 is 14.3 Å². The summed E-state index contributed by atoms with van der Waals surface area (Å²) in [6.45, 7) is 7.47. The number of nitrogens with zero attached hydrogens (tertiary/aromatic N) is 2. The third kappa shape index (κ3) is 4.63. The Balaban J connectivity index is 1.37. The molecule has 1 aliphatic rings. The maximum Gasteiger partial charge on any atom is 0.255 e. The molecule has 0 spiro atoms. The molecule has 5 nitrogen and oxygen atoms in total. The van der Waals surface area contributed by atoms with E-state index in [1.807, 2.05) is 44.2 Å². The van der Waals surface area contributed by atoms with E-state index in [2.05, 4.69) is 21.2 Å². The Morgan fingerprint density at radius 3 is 2.13 bits per heavy atom. The van der Waals surface area contributed by atoms with E-state index in [4.69, 9.17) is 0 Å². The van der Waals surface area contributed by atoms with Crippen molar-refractivity contribution in [1.29, 1.82) is 0 Å². The molecule has 6 heteroatoms. The molecule has 1 saturated heterocycles. The van der Waals surface area contributed by atoms with E-state index < -0.39 is 0 Å². The fraction of sp³-hybridized carbons (Fsp3) is 0.240. The normalized spacial score (nSPS) is 13.9. The number of phenols is 1. The van der Waals surface area contributed by atoms with Gasteiger partial charge in [0.05, 0.1) is 0 Å². The van der Waals surface area contributed by atoms with Gasteiger partial charge in [-0.05, 0) is 85.6 Å². The van der Waals surface area contributed by atoms with Crippen LogP contribution in [0.25, 0.3) is 0 Å². The summed E-state index contributed by atoms with van der Waals surface area (Å²) in [6.07, 6.45) is 0. The number of aromatic hydroxyl groups is 1. The average Bonchev–Trinajstić information content (AvgIpc) is 2.78. The van der Waals surface area contributed by atoms with E-state index in [0.717, 1.165) is 43.0 Å². The molecule has 0 saturated carbocycles. The Morgan fingerprint density at radius 2 is 1.48 bits per heavy atom. The molecule has 0 bridgehead atoms. The fourth-order valence-corrected chi connectivity index (χ4v) is 3.89. The zero-order chi connectivity index (χ0) is 22.0. The van der Waals surface area contributed by atoms with Crippen molar-refractivity contribution in [2.45, 2.75) is 13.8 Å². The van der Waals surface area contributed by atoms with E-state index in [-0.39, 0.29) is 11.7 Å². The third-order valence-electron chi connectivity index (χ3n) is 5.73. The van der Waals surface area contributed by atoms with Gasteiger partial charge >= 0.3 is 0 Å². The number of anilines is 3. The third-order valence-corrected chi connectivity index (χ3v) is 5.73. The maximum absolute atomic E-state index is 13.0. The minimum atomic E-state index is -0.335. The number of nitrogens with one attached hydrogen (secondary N) is 1. The largest absolute Gasteiger partial charge is 0.508 e. The topological polar surface area (TPSA) is 55.8 Å². The Kier molecular flexibility index (Phi) is 5.80. The van der Waals surface area contributed by atoms with Gasteiger partial charge in [0.25, 0.3) is 5.91 Å². The second-order valence-corrected chi connectivity index (χ2v) is 7.91. The van der Waals surface area contributed by atoms with Crippen LogP contribution in [-0.2, 0) is 0 Å². The lowest BCUT2D eigenvalue weighted by atomic mass is 10.1. The lowest BCUT2D eigenvalue weighted by Crippen LogP contribution is -2.46. The molecule has 0 radical (unpaired) electrons. The van der Waals surface area contributed by atoms with E-state index in [0.29, 0.717) is 17.0 Å². The van der Waals surface area contributed by atoms with E-state index in [9.17, 15) is 14.3 Å². The SMILES string of the molecule is Cc1cc(N2CCN(c3ccc(C(=O)Nc4ccc(F)cc4)cc3)CC2)c(C)cc1O. The van der Waals surface area contributed by atoms with Gasteiger partial charge in [-0.25, -0.2) is 4.39 Å². The fourth-order valence-electron chi connectivity index (χ4n) is 3.89. The number of aryl methyl sites for hydroxylation is 2. The molecule has 3 aromatic rings. The van der Waals surface area contributed by atoms with Crippen molar-refractivity contribution >= 4 is 23.0 Å². The monoisotopic (exact) mass is 419 g/mol. The van der Waals surface area contributed by atoms with Crippen LogP contribution in [0.5, 0.6) is 5.75 Å². The molecule has 1 heterocycles. The van der Waals surface area contributed by atoms with Gasteiger partial charge < -0.3 is 20.2 Å². The highest BCUT2D eigenvalue weighted by Crippen LogP contribution is 2.29. The van der Waals surface area contributed by atoms with Gasteiger partial charge in [-0.15, -0.1) is 0 Å². The molecular formula is C25H26FN3O2. The molecular weight excluding hydrogens is 393 g/mol. The van der Waals surface area contributed by atoms with Crippen LogP contribution >= 0.6 is 0 Å². The average molecular weight is 420 g/mol. The second kappa shape index (κ2) is 8.68. The summed E-state index contributed by atoms with van der Waals surface area (Å²) in [5, 5.41) is 12.7. The van der Waals surface area contributed by atoms with Crippen molar-refractivity contribution in [2.24, 2.45) is 0 Å². The molecule has 0 aliphatic carbocycles. The molecule has 1 amide bonds. The standard InChI is InChI=1S/C25H26FN3O2/c1-17-16-24(30)18(2)15-23(17)29-13-11-28(12-14-29)22-9-3-19(4-10-22)25(31)27-21-7-5-20(26)6-8-21/h3-10,15-16,30H,11-14H2,1-2H3,(H,27,31). The minimum absolute atomic E-state index is 0.221. The molecule has 1 fully saturated rings. The summed E-state index contributed by atoms with van der Waals surface area (Å²) in [5.74, 6) is -0.220. The molecule has 0 unspecified atom stereocenters. The number of carbonyl (C=O) groups is 1. The first kappa shape index (κ1) is 20.7. The van der Waals surface area contributed by atoms with Gasteiger partial charge in [0.2, 0.25) is 0 Å². The molecule has 1 aliphatic heterocycles. The number of amides is 1. The minimum Gasteiger partial charge on any atom is -0.508 e. The van der Waals surface area contributed by atoms with Gasteiger partial charge in [-0.1, -0.05) is 0 Å². The number of halogens is 1. The first-order chi connectivity index (χ1) is 14.9. The molecule has 31 heavy (non-hydrogen) atoms. The predicted molar refractivity (Wildman–Crippen MR) is 123 cm³/mol. The van der Waals surface area contributed by atoms with Crippen LogP contribution < -0.4 is 15.1 Å². The van der Waals surface area contributed by atoms with Crippen molar-refractivity contribution in [3.8, 4) is 5.75 Å². The second-order valence-electron chi connectivity index (χ2n) is 7.91. The number of hydrogen-bond donors (Lipinski definition) is 2. The van der Waals surface area contributed by atoms with Gasteiger partial charge in [0.15, 0.2) is 0 Å². The van der Waals surface area contributed by atoms with Crippen LogP contribution in [0, 0.1) is 19.7 Å². The number of carbonyl (C=O) groups excluding carboxylic acids is 1. The van der Waals surface area contributed by atoms with Gasteiger partial charge in [0.1, 0.15) is 11.6 Å². The lowest BCUT2D eigenvalue weighted by molar-refractivity contribution is 0.102. The summed E-state index contributed by atoms with van der Waals surface area (Å²) in [6, 6.07) is 17.1. The summed E-state index contributed by atoms with van der Waals surface area (Å²) >= 11 is 0. The highest BCUT2D eigenvalue weighted by atomic mass is 19.1. The first-order valence-corrected chi connectivity index (χ1v) is 10.4. The molecule has 160 valence electrons. The maximum atomic E-state index is 13.0. The van der Waals surface area contributed by atoms with Crippen molar-refractivity contribution in [3.63, 3.8) is 0 Å². The van der Waals surface area contributed by atoms with Crippen LogP contribution in [0.2, 0.25) is 0 Å². The zero-order valence-electron chi connectivity index (χ0n) is 17.7. The quantitative estimate of drug-likeness (QED) is 0.642. The molecule has 2 N–H and O–H groups in total. The predicted octanol–water partition coefficient (Wildman–Crippen LogP) is 4.73. The smallest absolute Gasteiger partial charge is 0.255 e. The zero-order valence-corrected chi connectivity index (χ0v) is 17.7. The number of hydrogen-bond acceptors (Lipinski definition) is 4. The number of benzene rings is 3. The first-order valence-electron chi connectivity index (χ1n) is 10.4. The van der Waals surface area contributed by atoms with Crippen molar-refractivity contribution in [3.05, 3.63) is 83.2 Å². The van der Waals surface area contributed by atoms with Crippen LogP contribution in [0.1, 0.15) is 21.5 Å². The van der Waals surface area contributed by atoms with Gasteiger partial charge in [-0.3, -0.25) is 4.79 Å². The Morgan fingerprint density at radius 1 is 0.871 bits per heavy atom. The van der Waals surface area contributed by atoms with Crippen LogP contribution in [0.3, 0.4) is 0 Å². The summed E-state index contributed by atoms with van der Waals surface area (Å²) in [4.78, 5) is 17.1. The molecule has 0 atom stereocenters. The van der Waals surface area contributed by atoms with Crippen molar-refractivity contribution in [1.82, 2.24) is 0 Å². The van der Waals surface area contributed by atoms with Gasteiger partial charge in [0, 0.05) is 48.8 Å². The van der Waals surface area contributed by atoms with Crippen LogP contribution in [0.4, 0.5) is 21.5 Å². The number of piperazine rings is 1. The summed E-state index contributed by atoms with van der Waals surface area (Å²) < 4.78 is 13.0. The van der Waals surface area contributed by atoms with Crippen LogP contribution in [-0.4, -0.2) is 37.2 Å². The van der Waals surface area contributed by atoms with Gasteiger partial charge in [-0.2, -0.15) is 0 Å². The summed E-state index contributed by atoms with van der Waals surface area (Å²) in [5.41, 5.74) is 5.33. The van der Waals surface area contributed by atoms with E-state index >= 15 is 0 Å². The van der Waals surface area contributed by atoms with Crippen LogP contribution in [0.15, 0.2) is 60.7 Å². The summed E-state index contributed by atoms with van der Waals surface area (Å²) in [7, 11) is 0. The lowest BCUT2D eigenvalue weighted by Gasteiger charge is -2.38. The number of phenolic OH excluding ortho intramolecular Hbond substituents is 1. The highest BCUT2D eigenvalue weighted by Gasteiger charge is 2.20. The Hall–Kier alpha value is -3.54. The van der Waals surface area contributed by atoms with E-state index in [1.54, 1.807) is 12.1 Å².